The minimum absolute atomic E-state index is 0.319. The molecule has 0 aromatic heterocycles. The van der Waals surface area contributed by atoms with E-state index in [1.165, 1.54) is 12.8 Å². The summed E-state index contributed by atoms with van der Waals surface area (Å²) in [4.78, 5) is 13.9. The summed E-state index contributed by atoms with van der Waals surface area (Å²) in [6.07, 6.45) is 2.21. The molecule has 1 aliphatic rings. The van der Waals surface area contributed by atoms with Crippen LogP contribution in [0.4, 0.5) is 4.79 Å². The van der Waals surface area contributed by atoms with Crippen LogP contribution in [-0.4, -0.2) is 36.7 Å². The largest absolute Gasteiger partial charge is 0.445 e. The van der Waals surface area contributed by atoms with E-state index >= 15 is 0 Å². The van der Waals surface area contributed by atoms with Gasteiger partial charge in [-0.15, -0.1) is 0 Å². The van der Waals surface area contributed by atoms with Gasteiger partial charge in [0.2, 0.25) is 0 Å². The molecule has 1 N–H and O–H groups in total. The lowest BCUT2D eigenvalue weighted by Gasteiger charge is -2.24. The van der Waals surface area contributed by atoms with Crippen molar-refractivity contribution in [3.63, 3.8) is 0 Å². The summed E-state index contributed by atoms with van der Waals surface area (Å²) in [6.45, 7) is 3.07. The molecule has 19 heavy (non-hydrogen) atoms. The van der Waals surface area contributed by atoms with E-state index in [1.54, 1.807) is 0 Å². The summed E-state index contributed by atoms with van der Waals surface area (Å²) < 4.78 is 5.17. The maximum absolute atomic E-state index is 11.6. The maximum atomic E-state index is 11.6. The molecule has 1 aliphatic carbocycles. The molecule has 0 bridgehead atoms. The molecular weight excluding hydrogens is 240 g/mol. The second-order valence-corrected chi connectivity index (χ2v) is 5.19. The first-order chi connectivity index (χ1) is 9.16. The first-order valence-electron chi connectivity index (χ1n) is 6.83. The van der Waals surface area contributed by atoms with Gasteiger partial charge < -0.3 is 10.1 Å². The number of nitrogens with one attached hydrogen (secondary N) is 1. The molecular formula is C15H22N2O2. The van der Waals surface area contributed by atoms with Crippen LogP contribution in [0.15, 0.2) is 30.3 Å². The first kappa shape index (κ1) is 13.9. The second kappa shape index (κ2) is 6.57. The second-order valence-electron chi connectivity index (χ2n) is 5.19. The van der Waals surface area contributed by atoms with Crippen molar-refractivity contribution in [1.82, 2.24) is 10.2 Å². The zero-order valence-electron chi connectivity index (χ0n) is 11.6. The van der Waals surface area contributed by atoms with Gasteiger partial charge in [-0.2, -0.15) is 0 Å². The highest BCUT2D eigenvalue weighted by Crippen LogP contribution is 2.26. The van der Waals surface area contributed by atoms with E-state index in [0.717, 1.165) is 5.56 Å². The van der Waals surface area contributed by atoms with E-state index in [9.17, 15) is 4.79 Å². The van der Waals surface area contributed by atoms with Crippen LogP contribution in [0.2, 0.25) is 0 Å². The lowest BCUT2D eigenvalue weighted by Crippen LogP contribution is -2.41. The van der Waals surface area contributed by atoms with Crippen molar-refractivity contribution in [3.05, 3.63) is 35.9 Å². The van der Waals surface area contributed by atoms with Gasteiger partial charge in [0.1, 0.15) is 6.61 Å². The molecule has 1 aromatic rings. The summed E-state index contributed by atoms with van der Waals surface area (Å²) in [6, 6.07) is 10.7. The van der Waals surface area contributed by atoms with Crippen LogP contribution in [0.1, 0.15) is 25.3 Å². The highest BCUT2D eigenvalue weighted by Gasteiger charge is 2.29. The zero-order valence-corrected chi connectivity index (χ0v) is 11.6. The Kier molecular flexibility index (Phi) is 4.80. The molecule has 0 saturated heterocycles. The van der Waals surface area contributed by atoms with Gasteiger partial charge in [-0.05, 0) is 32.4 Å². The predicted molar refractivity (Wildman–Crippen MR) is 74.9 cm³/mol. The van der Waals surface area contributed by atoms with Crippen LogP contribution >= 0.6 is 0 Å². The van der Waals surface area contributed by atoms with Crippen molar-refractivity contribution >= 4 is 6.09 Å². The number of rotatable bonds is 6. The molecule has 4 nitrogen and oxygen atoms in total. The quantitative estimate of drug-likeness (QED) is 0.856. The van der Waals surface area contributed by atoms with Crippen LogP contribution in [-0.2, 0) is 11.3 Å². The fourth-order valence-corrected chi connectivity index (χ4v) is 1.99. The fourth-order valence-electron chi connectivity index (χ4n) is 1.99. The topological polar surface area (TPSA) is 41.6 Å². The van der Waals surface area contributed by atoms with Crippen LogP contribution in [0.25, 0.3) is 0 Å². The van der Waals surface area contributed by atoms with Gasteiger partial charge in [-0.25, -0.2) is 4.79 Å². The molecule has 0 heterocycles. The molecule has 1 aromatic carbocycles. The van der Waals surface area contributed by atoms with Crippen molar-refractivity contribution in [2.45, 2.75) is 38.5 Å². The van der Waals surface area contributed by atoms with Crippen LogP contribution < -0.4 is 5.32 Å². The standard InChI is InChI=1S/C15H22N2O2/c1-12(17(2)14-8-9-14)10-16-15(18)19-11-13-6-4-3-5-7-13/h3-7,12,14H,8-11H2,1-2H3,(H,16,18). The molecule has 1 atom stereocenters. The fraction of sp³-hybridized carbons (Fsp3) is 0.533. The molecule has 4 heteroatoms. The summed E-state index contributed by atoms with van der Waals surface area (Å²) in [5, 5.41) is 2.81. The van der Waals surface area contributed by atoms with Gasteiger partial charge in [-0.1, -0.05) is 30.3 Å². The number of hydrogen-bond donors (Lipinski definition) is 1. The molecule has 2 rings (SSSR count). The molecule has 104 valence electrons. The van der Waals surface area contributed by atoms with Crippen molar-refractivity contribution in [2.24, 2.45) is 0 Å². The molecule has 1 unspecified atom stereocenters. The van der Waals surface area contributed by atoms with Gasteiger partial charge in [0, 0.05) is 18.6 Å². The molecule has 0 spiro atoms. The summed E-state index contributed by atoms with van der Waals surface area (Å²) in [5.41, 5.74) is 1.00. The molecule has 0 aliphatic heterocycles. The van der Waals surface area contributed by atoms with Crippen molar-refractivity contribution < 1.29 is 9.53 Å². The highest BCUT2D eigenvalue weighted by molar-refractivity contribution is 5.67. The number of hydrogen-bond acceptors (Lipinski definition) is 3. The minimum atomic E-state index is -0.347. The Morgan fingerprint density at radius 1 is 1.42 bits per heavy atom. The summed E-state index contributed by atoms with van der Waals surface area (Å²) >= 11 is 0. The lowest BCUT2D eigenvalue weighted by molar-refractivity contribution is 0.135. The Bertz CT molecular complexity index is 404. The van der Waals surface area contributed by atoms with E-state index in [2.05, 4.69) is 24.2 Å². The van der Waals surface area contributed by atoms with E-state index in [4.69, 9.17) is 4.74 Å². The maximum Gasteiger partial charge on any atom is 0.407 e. The normalized spacial score (nSPS) is 16.2. The Morgan fingerprint density at radius 3 is 2.74 bits per heavy atom. The van der Waals surface area contributed by atoms with Gasteiger partial charge in [0.15, 0.2) is 0 Å². The van der Waals surface area contributed by atoms with Crippen LogP contribution in [0.3, 0.4) is 0 Å². The summed E-state index contributed by atoms with van der Waals surface area (Å²) in [7, 11) is 2.11. The summed E-state index contributed by atoms with van der Waals surface area (Å²) in [5.74, 6) is 0. The Balaban J connectivity index is 1.64. The van der Waals surface area contributed by atoms with Gasteiger partial charge in [0.25, 0.3) is 0 Å². The van der Waals surface area contributed by atoms with E-state index in [0.29, 0.717) is 25.2 Å². The molecule has 1 saturated carbocycles. The van der Waals surface area contributed by atoms with E-state index < -0.39 is 0 Å². The Labute approximate surface area is 114 Å². The average molecular weight is 262 g/mol. The third-order valence-electron chi connectivity index (χ3n) is 3.57. The molecule has 1 fully saturated rings. The van der Waals surface area contributed by atoms with Crippen LogP contribution in [0, 0.1) is 0 Å². The van der Waals surface area contributed by atoms with Gasteiger partial charge in [0.05, 0.1) is 0 Å². The number of amides is 1. The Morgan fingerprint density at radius 2 is 2.11 bits per heavy atom. The number of nitrogens with zero attached hydrogens (tertiary/aromatic N) is 1. The predicted octanol–water partition coefficient (Wildman–Crippen LogP) is 2.40. The highest BCUT2D eigenvalue weighted by atomic mass is 16.5. The number of carbonyl (C=O) groups is 1. The number of benzene rings is 1. The number of ether oxygens (including phenoxy) is 1. The monoisotopic (exact) mass is 262 g/mol. The molecule has 0 radical (unpaired) electrons. The third kappa shape index (κ3) is 4.56. The Hall–Kier alpha value is -1.55. The molecule has 1 amide bonds. The van der Waals surface area contributed by atoms with Crippen molar-refractivity contribution in [1.29, 1.82) is 0 Å². The number of alkyl carbamates (subject to hydrolysis) is 1. The van der Waals surface area contributed by atoms with E-state index in [1.807, 2.05) is 30.3 Å². The lowest BCUT2D eigenvalue weighted by atomic mass is 10.2. The van der Waals surface area contributed by atoms with Crippen molar-refractivity contribution in [2.75, 3.05) is 13.6 Å². The van der Waals surface area contributed by atoms with Gasteiger partial charge >= 0.3 is 6.09 Å². The van der Waals surface area contributed by atoms with Crippen LogP contribution in [0.5, 0.6) is 0 Å². The van der Waals surface area contributed by atoms with E-state index in [-0.39, 0.29) is 6.09 Å². The smallest absolute Gasteiger partial charge is 0.407 e. The zero-order chi connectivity index (χ0) is 13.7. The SMILES string of the molecule is CC(CNC(=O)OCc1ccccc1)N(C)C1CC1. The number of carbonyl (C=O) groups excluding carboxylic acids is 1. The van der Waals surface area contributed by atoms with Crippen molar-refractivity contribution in [3.8, 4) is 0 Å². The minimum Gasteiger partial charge on any atom is -0.445 e. The average Bonchev–Trinajstić information content (AvgIpc) is 3.27. The first-order valence-corrected chi connectivity index (χ1v) is 6.83. The third-order valence-corrected chi connectivity index (χ3v) is 3.57. The van der Waals surface area contributed by atoms with Gasteiger partial charge in [-0.3, -0.25) is 4.90 Å². The number of likely N-dealkylation sites (N-methyl/N-ethyl adjacent to an activating group) is 1.